The van der Waals surface area contributed by atoms with Gasteiger partial charge in [0, 0.05) is 20.0 Å². The summed E-state index contributed by atoms with van der Waals surface area (Å²) in [6, 6.07) is -0.823. The topological polar surface area (TPSA) is 69.6 Å². The summed E-state index contributed by atoms with van der Waals surface area (Å²) < 4.78 is 0. The van der Waals surface area contributed by atoms with Crippen molar-refractivity contribution in [3.63, 3.8) is 0 Å². The van der Waals surface area contributed by atoms with E-state index >= 15 is 0 Å². The Labute approximate surface area is 96.8 Å². The molecule has 0 aromatic rings. The Morgan fingerprint density at radius 3 is 2.19 bits per heavy atom. The minimum Gasteiger partial charge on any atom is -0.480 e. The Bertz CT molecular complexity index is 241. The van der Waals surface area contributed by atoms with Crippen molar-refractivity contribution in [2.24, 2.45) is 5.92 Å². The van der Waals surface area contributed by atoms with Crippen LogP contribution in [0, 0.1) is 5.92 Å². The van der Waals surface area contributed by atoms with Crippen molar-refractivity contribution in [1.29, 1.82) is 0 Å². The Kier molecular flexibility index (Phi) is 6.72. The fourth-order valence-electron chi connectivity index (χ4n) is 1.54. The highest BCUT2D eigenvalue weighted by atomic mass is 16.4. The molecule has 0 fully saturated rings. The smallest absolute Gasteiger partial charge is 0.327 e. The predicted molar refractivity (Wildman–Crippen MR) is 62.2 cm³/mol. The maximum atomic E-state index is 10.9. The van der Waals surface area contributed by atoms with Crippen LogP contribution in [0.3, 0.4) is 0 Å². The van der Waals surface area contributed by atoms with Crippen LogP contribution in [-0.4, -0.2) is 47.6 Å². The molecule has 0 heterocycles. The van der Waals surface area contributed by atoms with E-state index in [0.717, 1.165) is 13.1 Å². The van der Waals surface area contributed by atoms with Gasteiger partial charge >= 0.3 is 5.97 Å². The lowest BCUT2D eigenvalue weighted by Gasteiger charge is -2.26. The normalized spacial score (nSPS) is 12.9. The van der Waals surface area contributed by atoms with Gasteiger partial charge in [0.25, 0.3) is 0 Å². The molecule has 1 atom stereocenters. The quantitative estimate of drug-likeness (QED) is 0.670. The molecule has 0 aromatic carbocycles. The summed E-state index contributed by atoms with van der Waals surface area (Å²) in [5.41, 5.74) is 0. The number of carbonyl (C=O) groups is 2. The minimum absolute atomic E-state index is 0.312. The number of carbonyl (C=O) groups excluding carboxylic acids is 1. The Hall–Kier alpha value is -1.10. The Balaban J connectivity index is 4.34. The maximum absolute atomic E-state index is 10.9. The molecule has 5 nitrogen and oxygen atoms in total. The van der Waals surface area contributed by atoms with Gasteiger partial charge in [0.15, 0.2) is 0 Å². The van der Waals surface area contributed by atoms with E-state index in [1.165, 1.54) is 6.92 Å². The lowest BCUT2D eigenvalue weighted by atomic mass is 10.2. The van der Waals surface area contributed by atoms with Crippen molar-refractivity contribution < 1.29 is 14.7 Å². The standard InChI is InChI=1S/C11H22N2O3/c1-5-13(6-8(2)3)7-10(11(15)16)12-9(4)14/h8,10H,5-7H2,1-4H3,(H,12,14)(H,15,16). The average Bonchev–Trinajstić information content (AvgIpc) is 2.13. The molecule has 94 valence electrons. The molecule has 1 unspecified atom stereocenters. The molecule has 0 bridgehead atoms. The molecule has 1 amide bonds. The van der Waals surface area contributed by atoms with Gasteiger partial charge in [-0.2, -0.15) is 0 Å². The van der Waals surface area contributed by atoms with Crippen LogP contribution in [-0.2, 0) is 9.59 Å². The van der Waals surface area contributed by atoms with Crippen LogP contribution in [0.4, 0.5) is 0 Å². The summed E-state index contributed by atoms with van der Waals surface area (Å²) >= 11 is 0. The van der Waals surface area contributed by atoms with E-state index in [2.05, 4.69) is 19.2 Å². The molecule has 0 radical (unpaired) electrons. The number of nitrogens with one attached hydrogen (secondary N) is 1. The number of rotatable bonds is 7. The third kappa shape index (κ3) is 6.40. The first-order chi connectivity index (χ1) is 7.36. The zero-order valence-electron chi connectivity index (χ0n) is 10.5. The zero-order valence-corrected chi connectivity index (χ0v) is 10.5. The highest BCUT2D eigenvalue weighted by Gasteiger charge is 2.21. The first-order valence-electron chi connectivity index (χ1n) is 5.59. The van der Waals surface area contributed by atoms with Gasteiger partial charge < -0.3 is 15.3 Å². The van der Waals surface area contributed by atoms with Gasteiger partial charge in [-0.05, 0) is 12.5 Å². The molecular weight excluding hydrogens is 208 g/mol. The van der Waals surface area contributed by atoms with Crippen molar-refractivity contribution in [3.8, 4) is 0 Å². The molecule has 0 saturated heterocycles. The number of carboxylic acid groups (broad SMARTS) is 1. The van der Waals surface area contributed by atoms with Crippen LogP contribution in [0.15, 0.2) is 0 Å². The zero-order chi connectivity index (χ0) is 12.7. The lowest BCUT2D eigenvalue weighted by molar-refractivity contribution is -0.142. The summed E-state index contributed by atoms with van der Waals surface area (Å²) in [5, 5.41) is 11.4. The summed E-state index contributed by atoms with van der Waals surface area (Å²) in [6.45, 7) is 9.43. The number of hydrogen-bond acceptors (Lipinski definition) is 3. The first-order valence-corrected chi connectivity index (χ1v) is 5.59. The first kappa shape index (κ1) is 14.9. The molecule has 0 aromatic heterocycles. The number of aliphatic carboxylic acids is 1. The third-order valence-electron chi connectivity index (χ3n) is 2.19. The summed E-state index contributed by atoms with van der Waals surface area (Å²) in [7, 11) is 0. The van der Waals surface area contributed by atoms with Crippen LogP contribution in [0.1, 0.15) is 27.7 Å². The van der Waals surface area contributed by atoms with Crippen LogP contribution in [0.25, 0.3) is 0 Å². The SMILES string of the molecule is CCN(CC(C)C)CC(NC(C)=O)C(=O)O. The molecule has 2 N–H and O–H groups in total. The molecule has 0 rings (SSSR count). The van der Waals surface area contributed by atoms with Gasteiger partial charge in [0.05, 0.1) is 0 Å². The van der Waals surface area contributed by atoms with Crippen LogP contribution < -0.4 is 5.32 Å². The molecule has 5 heteroatoms. The highest BCUT2D eigenvalue weighted by molar-refractivity contribution is 5.82. The lowest BCUT2D eigenvalue weighted by Crippen LogP contribution is -2.48. The van der Waals surface area contributed by atoms with Crippen LogP contribution in [0.5, 0.6) is 0 Å². The number of nitrogens with zero attached hydrogens (tertiary/aromatic N) is 1. The molecule has 0 aliphatic rings. The molecular formula is C11H22N2O3. The van der Waals surface area contributed by atoms with E-state index in [9.17, 15) is 9.59 Å². The van der Waals surface area contributed by atoms with Crippen molar-refractivity contribution in [1.82, 2.24) is 10.2 Å². The second-order valence-electron chi connectivity index (χ2n) is 4.34. The summed E-state index contributed by atoms with van der Waals surface area (Å²) in [6.07, 6.45) is 0. The fourth-order valence-corrected chi connectivity index (χ4v) is 1.54. The minimum atomic E-state index is -0.989. The summed E-state index contributed by atoms with van der Waals surface area (Å²) in [5.74, 6) is -0.822. The van der Waals surface area contributed by atoms with Gasteiger partial charge in [-0.1, -0.05) is 20.8 Å². The number of hydrogen-bond donors (Lipinski definition) is 2. The second kappa shape index (κ2) is 7.22. The summed E-state index contributed by atoms with van der Waals surface area (Å²) in [4.78, 5) is 23.8. The average molecular weight is 230 g/mol. The third-order valence-corrected chi connectivity index (χ3v) is 2.19. The van der Waals surface area contributed by atoms with E-state index in [0.29, 0.717) is 12.5 Å². The van der Waals surface area contributed by atoms with Crippen LogP contribution in [0.2, 0.25) is 0 Å². The van der Waals surface area contributed by atoms with Crippen molar-refractivity contribution >= 4 is 11.9 Å². The fraction of sp³-hybridized carbons (Fsp3) is 0.818. The van der Waals surface area contributed by atoms with E-state index < -0.39 is 12.0 Å². The van der Waals surface area contributed by atoms with E-state index in [1.807, 2.05) is 11.8 Å². The molecule has 0 spiro atoms. The molecule has 16 heavy (non-hydrogen) atoms. The monoisotopic (exact) mass is 230 g/mol. The molecule has 0 aliphatic heterocycles. The highest BCUT2D eigenvalue weighted by Crippen LogP contribution is 2.00. The number of likely N-dealkylation sites (N-methyl/N-ethyl adjacent to an activating group) is 1. The second-order valence-corrected chi connectivity index (χ2v) is 4.34. The van der Waals surface area contributed by atoms with Gasteiger partial charge in [-0.25, -0.2) is 4.79 Å². The van der Waals surface area contributed by atoms with Crippen LogP contribution >= 0.6 is 0 Å². The van der Waals surface area contributed by atoms with E-state index in [4.69, 9.17) is 5.11 Å². The van der Waals surface area contributed by atoms with Gasteiger partial charge in [0.2, 0.25) is 5.91 Å². The maximum Gasteiger partial charge on any atom is 0.327 e. The Morgan fingerprint density at radius 2 is 1.88 bits per heavy atom. The van der Waals surface area contributed by atoms with Gasteiger partial charge in [0.1, 0.15) is 6.04 Å². The van der Waals surface area contributed by atoms with Gasteiger partial charge in [-0.3, -0.25) is 4.79 Å². The van der Waals surface area contributed by atoms with E-state index in [1.54, 1.807) is 0 Å². The number of carboxylic acids is 1. The van der Waals surface area contributed by atoms with Crippen molar-refractivity contribution in [2.45, 2.75) is 33.7 Å². The van der Waals surface area contributed by atoms with E-state index in [-0.39, 0.29) is 5.91 Å². The van der Waals surface area contributed by atoms with Gasteiger partial charge in [-0.15, -0.1) is 0 Å². The van der Waals surface area contributed by atoms with Crippen molar-refractivity contribution in [3.05, 3.63) is 0 Å². The largest absolute Gasteiger partial charge is 0.480 e. The Morgan fingerprint density at radius 1 is 1.31 bits per heavy atom. The number of amides is 1. The molecule has 0 saturated carbocycles. The van der Waals surface area contributed by atoms with Crippen molar-refractivity contribution in [2.75, 3.05) is 19.6 Å². The predicted octanol–water partition coefficient (Wildman–Crippen LogP) is 0.554. The molecule has 0 aliphatic carbocycles.